The first-order valence-corrected chi connectivity index (χ1v) is 8.27. The smallest absolute Gasteiger partial charge is 0.303 e. The van der Waals surface area contributed by atoms with E-state index < -0.39 is 5.97 Å². The van der Waals surface area contributed by atoms with Crippen LogP contribution in [0.2, 0.25) is 5.02 Å². The second-order valence-corrected chi connectivity index (χ2v) is 6.07. The fraction of sp³-hybridized carbons (Fsp3) is 0.263. The minimum Gasteiger partial charge on any atom is -0.496 e. The first-order chi connectivity index (χ1) is 12.0. The standard InChI is InChI=1S/C19H20ClNO4/c1-25-17-12-14(20)7-9-16(17)19(24)21-15(8-10-18(22)23)11-13-5-3-2-4-6-13/h2-7,9,12,15H,8,10-11H2,1H3,(H,21,24)(H,22,23). The van der Waals surface area contributed by atoms with Crippen LogP contribution in [0.4, 0.5) is 0 Å². The first-order valence-electron chi connectivity index (χ1n) is 7.89. The van der Waals surface area contributed by atoms with Crippen molar-refractivity contribution in [1.29, 1.82) is 0 Å². The molecule has 6 heteroatoms. The molecule has 0 saturated carbocycles. The van der Waals surface area contributed by atoms with Gasteiger partial charge in [0.2, 0.25) is 0 Å². The number of methoxy groups -OCH3 is 1. The molecule has 2 N–H and O–H groups in total. The molecule has 2 aromatic carbocycles. The summed E-state index contributed by atoms with van der Waals surface area (Å²) in [5.41, 5.74) is 1.39. The maximum atomic E-state index is 12.6. The number of halogens is 1. The predicted molar refractivity (Wildman–Crippen MR) is 96.3 cm³/mol. The molecule has 2 aromatic rings. The molecule has 5 nitrogen and oxygen atoms in total. The van der Waals surface area contributed by atoms with E-state index in [1.807, 2.05) is 30.3 Å². The van der Waals surface area contributed by atoms with Crippen molar-refractivity contribution in [1.82, 2.24) is 5.32 Å². The minimum atomic E-state index is -0.892. The number of rotatable bonds is 8. The van der Waals surface area contributed by atoms with Crippen LogP contribution in [0.25, 0.3) is 0 Å². The van der Waals surface area contributed by atoms with E-state index in [2.05, 4.69) is 5.32 Å². The Kier molecular flexibility index (Phi) is 6.83. The van der Waals surface area contributed by atoms with Gasteiger partial charge in [-0.1, -0.05) is 41.9 Å². The number of amides is 1. The molecule has 0 heterocycles. The third-order valence-corrected chi connectivity index (χ3v) is 4.01. The predicted octanol–water partition coefficient (Wildman–Crippen LogP) is 3.55. The monoisotopic (exact) mass is 361 g/mol. The molecule has 1 atom stereocenters. The summed E-state index contributed by atoms with van der Waals surface area (Å²) in [5, 5.41) is 12.3. The molecular weight excluding hydrogens is 342 g/mol. The third-order valence-electron chi connectivity index (χ3n) is 3.78. The van der Waals surface area contributed by atoms with Gasteiger partial charge in [-0.2, -0.15) is 0 Å². The highest BCUT2D eigenvalue weighted by Gasteiger charge is 2.18. The summed E-state index contributed by atoms with van der Waals surface area (Å²) < 4.78 is 5.21. The van der Waals surface area contributed by atoms with Crippen molar-refractivity contribution >= 4 is 23.5 Å². The summed E-state index contributed by atoms with van der Waals surface area (Å²) in [4.78, 5) is 23.5. The van der Waals surface area contributed by atoms with Crippen molar-refractivity contribution in [2.45, 2.75) is 25.3 Å². The number of hydrogen-bond donors (Lipinski definition) is 2. The fourth-order valence-electron chi connectivity index (χ4n) is 2.54. The van der Waals surface area contributed by atoms with Crippen molar-refractivity contribution in [3.63, 3.8) is 0 Å². The van der Waals surface area contributed by atoms with Crippen molar-refractivity contribution in [2.24, 2.45) is 0 Å². The van der Waals surface area contributed by atoms with E-state index in [9.17, 15) is 9.59 Å². The Labute approximate surface area is 151 Å². The SMILES string of the molecule is COc1cc(Cl)ccc1C(=O)NC(CCC(=O)O)Cc1ccccc1. The van der Waals surface area contributed by atoms with Crippen molar-refractivity contribution in [2.75, 3.05) is 7.11 Å². The number of benzene rings is 2. The van der Waals surface area contributed by atoms with Gasteiger partial charge in [0.15, 0.2) is 0 Å². The number of carboxylic acid groups (broad SMARTS) is 1. The lowest BCUT2D eigenvalue weighted by molar-refractivity contribution is -0.137. The Morgan fingerprint density at radius 2 is 1.92 bits per heavy atom. The van der Waals surface area contributed by atoms with Gasteiger partial charge in [-0.3, -0.25) is 9.59 Å². The molecule has 132 valence electrons. The van der Waals surface area contributed by atoms with Crippen molar-refractivity contribution in [3.05, 3.63) is 64.7 Å². The number of carboxylic acids is 1. The van der Waals surface area contributed by atoms with Gasteiger partial charge in [0.1, 0.15) is 5.75 Å². The van der Waals surface area contributed by atoms with Crippen LogP contribution < -0.4 is 10.1 Å². The van der Waals surface area contributed by atoms with Crippen molar-refractivity contribution < 1.29 is 19.4 Å². The molecular formula is C19H20ClNO4. The van der Waals surface area contributed by atoms with E-state index in [1.54, 1.807) is 18.2 Å². The third kappa shape index (κ3) is 5.80. The lowest BCUT2D eigenvalue weighted by atomic mass is 10.0. The van der Waals surface area contributed by atoms with Gasteiger partial charge in [0, 0.05) is 17.5 Å². The average molecular weight is 362 g/mol. The molecule has 0 spiro atoms. The van der Waals surface area contributed by atoms with E-state index in [0.717, 1.165) is 5.56 Å². The van der Waals surface area contributed by atoms with E-state index >= 15 is 0 Å². The highest BCUT2D eigenvalue weighted by atomic mass is 35.5. The molecule has 0 aliphatic heterocycles. The van der Waals surface area contributed by atoms with Gasteiger partial charge >= 0.3 is 5.97 Å². The molecule has 0 aliphatic rings. The number of aliphatic carboxylic acids is 1. The summed E-state index contributed by atoms with van der Waals surface area (Å²) in [5.74, 6) is -0.835. The summed E-state index contributed by atoms with van der Waals surface area (Å²) in [6, 6.07) is 14.1. The van der Waals surface area contributed by atoms with Crippen LogP contribution in [-0.4, -0.2) is 30.1 Å². The molecule has 0 fully saturated rings. The van der Waals surface area contributed by atoms with Crippen LogP contribution in [0.15, 0.2) is 48.5 Å². The van der Waals surface area contributed by atoms with E-state index in [-0.39, 0.29) is 18.4 Å². The Morgan fingerprint density at radius 1 is 1.20 bits per heavy atom. The normalized spacial score (nSPS) is 11.6. The second kappa shape index (κ2) is 9.08. The van der Waals surface area contributed by atoms with Gasteiger partial charge in [-0.15, -0.1) is 0 Å². The highest BCUT2D eigenvalue weighted by molar-refractivity contribution is 6.30. The zero-order valence-corrected chi connectivity index (χ0v) is 14.6. The second-order valence-electron chi connectivity index (χ2n) is 5.64. The van der Waals surface area contributed by atoms with Gasteiger partial charge in [0.05, 0.1) is 12.7 Å². The number of carbonyl (C=O) groups excluding carboxylic acids is 1. The lowest BCUT2D eigenvalue weighted by Gasteiger charge is -2.19. The van der Waals surface area contributed by atoms with Crippen LogP contribution >= 0.6 is 11.6 Å². The molecule has 25 heavy (non-hydrogen) atoms. The van der Waals surface area contributed by atoms with Crippen LogP contribution in [0.5, 0.6) is 5.75 Å². The van der Waals surface area contributed by atoms with Gasteiger partial charge < -0.3 is 15.2 Å². The molecule has 2 rings (SSSR count). The molecule has 0 aromatic heterocycles. The fourth-order valence-corrected chi connectivity index (χ4v) is 2.70. The molecule has 1 amide bonds. The summed E-state index contributed by atoms with van der Waals surface area (Å²) in [6.45, 7) is 0. The Morgan fingerprint density at radius 3 is 2.56 bits per heavy atom. The van der Waals surface area contributed by atoms with Gasteiger partial charge in [-0.05, 0) is 36.6 Å². The van der Waals surface area contributed by atoms with Crippen LogP contribution in [0, 0.1) is 0 Å². The van der Waals surface area contributed by atoms with Crippen LogP contribution in [0.3, 0.4) is 0 Å². The Bertz CT molecular complexity index is 733. The lowest BCUT2D eigenvalue weighted by Crippen LogP contribution is -2.37. The van der Waals surface area contributed by atoms with Crippen LogP contribution in [0.1, 0.15) is 28.8 Å². The first kappa shape index (κ1) is 18.8. The molecule has 0 bridgehead atoms. The highest BCUT2D eigenvalue weighted by Crippen LogP contribution is 2.23. The van der Waals surface area contributed by atoms with E-state index in [1.165, 1.54) is 7.11 Å². The molecule has 0 saturated heterocycles. The quantitative estimate of drug-likeness (QED) is 0.753. The molecule has 0 radical (unpaired) electrons. The largest absolute Gasteiger partial charge is 0.496 e. The van der Waals surface area contributed by atoms with Crippen LogP contribution in [-0.2, 0) is 11.2 Å². The number of carbonyl (C=O) groups is 2. The van der Waals surface area contributed by atoms with E-state index in [4.69, 9.17) is 21.4 Å². The topological polar surface area (TPSA) is 75.6 Å². The van der Waals surface area contributed by atoms with Gasteiger partial charge in [-0.25, -0.2) is 0 Å². The summed E-state index contributed by atoms with van der Waals surface area (Å²) in [7, 11) is 1.47. The maximum absolute atomic E-state index is 12.6. The van der Waals surface area contributed by atoms with Gasteiger partial charge in [0.25, 0.3) is 5.91 Å². The Balaban J connectivity index is 2.14. The minimum absolute atomic E-state index is 0.0183. The average Bonchev–Trinajstić information content (AvgIpc) is 2.60. The number of nitrogens with one attached hydrogen (secondary N) is 1. The number of ether oxygens (including phenoxy) is 1. The number of hydrogen-bond acceptors (Lipinski definition) is 3. The zero-order chi connectivity index (χ0) is 18.2. The Hall–Kier alpha value is -2.53. The van der Waals surface area contributed by atoms with E-state index in [0.29, 0.717) is 29.2 Å². The summed E-state index contributed by atoms with van der Waals surface area (Å²) in [6.07, 6.45) is 0.872. The summed E-state index contributed by atoms with van der Waals surface area (Å²) >= 11 is 5.92. The van der Waals surface area contributed by atoms with Crippen molar-refractivity contribution in [3.8, 4) is 5.75 Å². The zero-order valence-electron chi connectivity index (χ0n) is 13.9. The molecule has 0 aliphatic carbocycles. The molecule has 1 unspecified atom stereocenters. The maximum Gasteiger partial charge on any atom is 0.303 e.